The van der Waals surface area contributed by atoms with Gasteiger partial charge in [-0.3, -0.25) is 9.59 Å². The van der Waals surface area contributed by atoms with Crippen LogP contribution in [0.15, 0.2) is 0 Å². The molecule has 0 aromatic rings. The van der Waals surface area contributed by atoms with Gasteiger partial charge in [0.15, 0.2) is 17.9 Å². The third-order valence-electron chi connectivity index (χ3n) is 2.00. The lowest BCUT2D eigenvalue weighted by atomic mass is 10.1. The number of carbonyl (C=O) groups excluding carboxylic acids is 2. The molecule has 0 aromatic heterocycles. The molecule has 0 saturated carbocycles. The summed E-state index contributed by atoms with van der Waals surface area (Å²) >= 11 is 0. The number of hydrogen-bond donors (Lipinski definition) is 2. The second-order valence-corrected chi connectivity index (χ2v) is 3.28. The van der Waals surface area contributed by atoms with Crippen molar-refractivity contribution in [3.63, 3.8) is 0 Å². The summed E-state index contributed by atoms with van der Waals surface area (Å²) in [4.78, 5) is 21.9. The molecule has 0 aliphatic carbocycles. The van der Waals surface area contributed by atoms with Gasteiger partial charge < -0.3 is 10.2 Å². The van der Waals surface area contributed by atoms with Gasteiger partial charge in [-0.1, -0.05) is 13.3 Å². The highest BCUT2D eigenvalue weighted by molar-refractivity contribution is 6.37. The maximum absolute atomic E-state index is 11.0. The Hall–Kier alpha value is -0.740. The predicted octanol–water partition coefficient (Wildman–Crippen LogP) is 0.796. The van der Waals surface area contributed by atoms with Gasteiger partial charge in [-0.25, -0.2) is 0 Å². The van der Waals surface area contributed by atoms with Crippen molar-refractivity contribution in [1.82, 2.24) is 0 Å². The Labute approximate surface area is 83.9 Å². The number of carbonyl (C=O) groups is 2. The summed E-state index contributed by atoms with van der Waals surface area (Å²) in [5.74, 6) is -0.621. The van der Waals surface area contributed by atoms with Crippen LogP contribution >= 0.6 is 0 Å². The molecular weight excluding hydrogens is 184 g/mol. The zero-order chi connectivity index (χ0) is 11.0. The van der Waals surface area contributed by atoms with E-state index in [-0.39, 0.29) is 24.4 Å². The molecule has 0 rings (SSSR count). The SMILES string of the molecule is CCC(=O)C(=O)CCCCCC(O)O. The molecule has 4 nitrogen and oxygen atoms in total. The van der Waals surface area contributed by atoms with Crippen molar-refractivity contribution in [2.45, 2.75) is 51.7 Å². The molecule has 0 radical (unpaired) electrons. The van der Waals surface area contributed by atoms with Crippen molar-refractivity contribution < 1.29 is 19.8 Å². The van der Waals surface area contributed by atoms with Crippen LogP contribution in [0.4, 0.5) is 0 Å². The fraction of sp³-hybridized carbons (Fsp3) is 0.800. The van der Waals surface area contributed by atoms with E-state index in [2.05, 4.69) is 0 Å². The number of rotatable bonds is 8. The second kappa shape index (κ2) is 7.64. The van der Waals surface area contributed by atoms with Crippen LogP contribution in [0.2, 0.25) is 0 Å². The van der Waals surface area contributed by atoms with Crippen molar-refractivity contribution in [2.75, 3.05) is 0 Å². The number of ketones is 2. The van der Waals surface area contributed by atoms with Gasteiger partial charge in [-0.15, -0.1) is 0 Å². The molecule has 0 unspecified atom stereocenters. The first-order valence-corrected chi connectivity index (χ1v) is 5.00. The van der Waals surface area contributed by atoms with Gasteiger partial charge in [-0.05, 0) is 19.3 Å². The zero-order valence-electron chi connectivity index (χ0n) is 8.53. The number of hydrogen-bond acceptors (Lipinski definition) is 4. The van der Waals surface area contributed by atoms with Gasteiger partial charge in [-0.2, -0.15) is 0 Å². The van der Waals surface area contributed by atoms with Gasteiger partial charge in [0, 0.05) is 12.8 Å². The molecule has 14 heavy (non-hydrogen) atoms. The summed E-state index contributed by atoms with van der Waals surface area (Å²) in [5, 5.41) is 17.0. The molecule has 4 heteroatoms. The summed E-state index contributed by atoms with van der Waals surface area (Å²) in [7, 11) is 0. The minimum Gasteiger partial charge on any atom is -0.368 e. The Morgan fingerprint density at radius 3 is 2.21 bits per heavy atom. The average Bonchev–Trinajstić information content (AvgIpc) is 2.15. The Morgan fingerprint density at radius 2 is 1.71 bits per heavy atom. The van der Waals surface area contributed by atoms with Crippen molar-refractivity contribution in [2.24, 2.45) is 0 Å². The van der Waals surface area contributed by atoms with Crippen molar-refractivity contribution in [3.8, 4) is 0 Å². The molecule has 82 valence electrons. The number of unbranched alkanes of at least 4 members (excludes halogenated alkanes) is 2. The first-order valence-electron chi connectivity index (χ1n) is 5.00. The minimum atomic E-state index is -1.26. The lowest BCUT2D eigenvalue weighted by Crippen LogP contribution is -2.11. The quantitative estimate of drug-likeness (QED) is 0.347. The Morgan fingerprint density at radius 1 is 1.07 bits per heavy atom. The lowest BCUT2D eigenvalue weighted by molar-refractivity contribution is -0.136. The Kier molecular flexibility index (Phi) is 7.24. The fourth-order valence-electron chi connectivity index (χ4n) is 1.13. The Bertz CT molecular complexity index is 187. The molecule has 0 amide bonds. The molecular formula is C10H18O4. The van der Waals surface area contributed by atoms with Crippen LogP contribution in [-0.2, 0) is 9.59 Å². The Balaban J connectivity index is 3.36. The van der Waals surface area contributed by atoms with Gasteiger partial charge >= 0.3 is 0 Å². The highest BCUT2D eigenvalue weighted by atomic mass is 16.5. The number of aliphatic hydroxyl groups is 2. The van der Waals surface area contributed by atoms with Crippen molar-refractivity contribution in [1.29, 1.82) is 0 Å². The molecule has 0 bridgehead atoms. The summed E-state index contributed by atoms with van der Waals surface area (Å²) < 4.78 is 0. The third-order valence-corrected chi connectivity index (χ3v) is 2.00. The molecule has 0 aliphatic heterocycles. The van der Waals surface area contributed by atoms with E-state index >= 15 is 0 Å². The predicted molar refractivity (Wildman–Crippen MR) is 51.6 cm³/mol. The topological polar surface area (TPSA) is 74.6 Å². The van der Waals surface area contributed by atoms with Crippen LogP contribution in [0.1, 0.15) is 45.4 Å². The highest BCUT2D eigenvalue weighted by Gasteiger charge is 2.09. The lowest BCUT2D eigenvalue weighted by Gasteiger charge is -2.02. The summed E-state index contributed by atoms with van der Waals surface area (Å²) in [5.41, 5.74) is 0. The first-order chi connectivity index (χ1) is 6.57. The van der Waals surface area contributed by atoms with E-state index in [1.54, 1.807) is 6.92 Å². The summed E-state index contributed by atoms with van der Waals surface area (Å²) in [6.45, 7) is 1.67. The summed E-state index contributed by atoms with van der Waals surface area (Å²) in [6, 6.07) is 0. The van der Waals surface area contributed by atoms with Crippen LogP contribution in [0.3, 0.4) is 0 Å². The van der Waals surface area contributed by atoms with E-state index in [1.807, 2.05) is 0 Å². The molecule has 0 saturated heterocycles. The average molecular weight is 202 g/mol. The van der Waals surface area contributed by atoms with E-state index in [9.17, 15) is 9.59 Å². The second-order valence-electron chi connectivity index (χ2n) is 3.28. The van der Waals surface area contributed by atoms with Crippen LogP contribution in [0.25, 0.3) is 0 Å². The molecule has 2 N–H and O–H groups in total. The van der Waals surface area contributed by atoms with Crippen LogP contribution in [0, 0.1) is 0 Å². The third kappa shape index (κ3) is 6.74. The first kappa shape index (κ1) is 13.3. The molecule has 0 aliphatic rings. The van der Waals surface area contributed by atoms with Crippen molar-refractivity contribution in [3.05, 3.63) is 0 Å². The number of aliphatic hydroxyl groups excluding tert-OH is 1. The highest BCUT2D eigenvalue weighted by Crippen LogP contribution is 2.05. The van der Waals surface area contributed by atoms with E-state index in [0.717, 1.165) is 6.42 Å². The van der Waals surface area contributed by atoms with Gasteiger partial charge in [0.2, 0.25) is 0 Å². The monoisotopic (exact) mass is 202 g/mol. The van der Waals surface area contributed by atoms with E-state index in [0.29, 0.717) is 19.3 Å². The number of Topliss-reactive ketones (excluding diaryl/α,β-unsaturated/α-hetero) is 2. The largest absolute Gasteiger partial charge is 0.368 e. The van der Waals surface area contributed by atoms with Gasteiger partial charge in [0.25, 0.3) is 0 Å². The molecule has 0 spiro atoms. The molecule has 0 heterocycles. The van der Waals surface area contributed by atoms with E-state index < -0.39 is 6.29 Å². The van der Waals surface area contributed by atoms with Crippen LogP contribution in [0.5, 0.6) is 0 Å². The molecule has 0 atom stereocenters. The minimum absolute atomic E-state index is 0.272. The van der Waals surface area contributed by atoms with Gasteiger partial charge in [0.05, 0.1) is 0 Å². The normalized spacial score (nSPS) is 10.6. The smallest absolute Gasteiger partial charge is 0.198 e. The van der Waals surface area contributed by atoms with Gasteiger partial charge in [0.1, 0.15) is 0 Å². The fourth-order valence-corrected chi connectivity index (χ4v) is 1.13. The molecule has 0 aromatic carbocycles. The van der Waals surface area contributed by atoms with Crippen LogP contribution < -0.4 is 0 Å². The molecule has 0 fully saturated rings. The maximum Gasteiger partial charge on any atom is 0.198 e. The van der Waals surface area contributed by atoms with Crippen molar-refractivity contribution >= 4 is 11.6 Å². The van der Waals surface area contributed by atoms with Crippen LogP contribution in [-0.4, -0.2) is 28.1 Å². The summed E-state index contributed by atoms with van der Waals surface area (Å²) in [6.07, 6.45) is 1.70. The standard InChI is InChI=1S/C10H18O4/c1-2-8(11)9(12)6-4-3-5-7-10(13)14/h10,13-14H,2-7H2,1H3. The maximum atomic E-state index is 11.0. The van der Waals surface area contributed by atoms with E-state index in [4.69, 9.17) is 10.2 Å². The zero-order valence-corrected chi connectivity index (χ0v) is 8.53. The van der Waals surface area contributed by atoms with E-state index in [1.165, 1.54) is 0 Å².